The Morgan fingerprint density at radius 1 is 1.05 bits per heavy atom. The number of rotatable bonds is 11. The maximum absolute atomic E-state index is 4.13. The molecule has 2 unspecified atom stereocenters. The number of nitrogens with zero attached hydrogens (tertiary/aromatic N) is 1. The Morgan fingerprint density at radius 3 is 2.20 bits per heavy atom. The Bertz CT molecular complexity index is 275. The summed E-state index contributed by atoms with van der Waals surface area (Å²) in [5.41, 5.74) is 0.512. The van der Waals surface area contributed by atoms with E-state index in [2.05, 4.69) is 45.7 Å². The zero-order valence-corrected chi connectivity index (χ0v) is 14.8. The lowest BCUT2D eigenvalue weighted by atomic mass is 9.80. The predicted molar refractivity (Wildman–Crippen MR) is 93.4 cm³/mol. The molecule has 0 amide bonds. The van der Waals surface area contributed by atoms with E-state index in [1.54, 1.807) is 0 Å². The highest BCUT2D eigenvalue weighted by atomic mass is 14.6. The van der Waals surface area contributed by atoms with E-state index in [4.69, 9.17) is 0 Å². The van der Waals surface area contributed by atoms with Crippen molar-refractivity contribution in [3.05, 3.63) is 12.3 Å². The molecule has 0 spiro atoms. The van der Waals surface area contributed by atoms with E-state index in [0.717, 1.165) is 5.92 Å². The number of aliphatic imine (C=N–C) groups is 1. The molecule has 0 saturated heterocycles. The molecule has 0 aromatic rings. The highest BCUT2D eigenvalue weighted by Gasteiger charge is 2.17. The van der Waals surface area contributed by atoms with Crippen molar-refractivity contribution in [3.63, 3.8) is 0 Å². The molecule has 0 aliphatic rings. The van der Waals surface area contributed by atoms with Crippen molar-refractivity contribution < 1.29 is 0 Å². The van der Waals surface area contributed by atoms with Gasteiger partial charge in [-0.3, -0.25) is 4.99 Å². The molecule has 20 heavy (non-hydrogen) atoms. The molecule has 0 heterocycles. The van der Waals surface area contributed by atoms with Crippen LogP contribution in [0.4, 0.5) is 0 Å². The zero-order chi connectivity index (χ0) is 15.4. The Hall–Kier alpha value is -0.590. The highest BCUT2D eigenvalue weighted by molar-refractivity contribution is 5.54. The molecule has 0 N–H and O–H groups in total. The fourth-order valence-electron chi connectivity index (χ4n) is 2.54. The predicted octanol–water partition coefficient (Wildman–Crippen LogP) is 6.64. The summed E-state index contributed by atoms with van der Waals surface area (Å²) in [4.78, 5) is 4.13. The van der Waals surface area contributed by atoms with Crippen molar-refractivity contribution >= 4 is 6.21 Å². The van der Waals surface area contributed by atoms with Crippen molar-refractivity contribution in [2.45, 2.75) is 86.5 Å². The van der Waals surface area contributed by atoms with Gasteiger partial charge in [0.15, 0.2) is 0 Å². The molecule has 0 aliphatic heterocycles. The Balaban J connectivity index is 3.80. The average molecular weight is 280 g/mol. The third-order valence-corrected chi connectivity index (χ3v) is 4.41. The van der Waals surface area contributed by atoms with Gasteiger partial charge in [0.2, 0.25) is 0 Å². The second kappa shape index (κ2) is 11.1. The van der Waals surface area contributed by atoms with E-state index < -0.39 is 0 Å². The molecule has 0 rings (SSSR count). The smallest absolute Gasteiger partial charge is 0.0226 e. The van der Waals surface area contributed by atoms with Crippen LogP contribution in [-0.2, 0) is 0 Å². The topological polar surface area (TPSA) is 12.4 Å². The van der Waals surface area contributed by atoms with E-state index in [-0.39, 0.29) is 0 Å². The molecular formula is C19H37N. The molecule has 0 aromatic carbocycles. The number of hydrogen-bond donors (Lipinski definition) is 0. The molecular weight excluding hydrogens is 242 g/mol. The quantitative estimate of drug-likeness (QED) is 0.376. The molecule has 0 saturated carbocycles. The lowest BCUT2D eigenvalue weighted by Crippen LogP contribution is -2.12. The minimum Gasteiger partial charge on any atom is -0.270 e. The van der Waals surface area contributed by atoms with Gasteiger partial charge in [0.05, 0.1) is 0 Å². The molecule has 1 heteroatoms. The normalized spacial score (nSPS) is 16.1. The van der Waals surface area contributed by atoms with Gasteiger partial charge >= 0.3 is 0 Å². The Kier molecular flexibility index (Phi) is 10.8. The van der Waals surface area contributed by atoms with Crippen LogP contribution in [0.15, 0.2) is 17.3 Å². The molecule has 0 bridgehead atoms. The molecule has 0 aliphatic carbocycles. The fourth-order valence-corrected chi connectivity index (χ4v) is 2.54. The van der Waals surface area contributed by atoms with E-state index in [9.17, 15) is 0 Å². The van der Waals surface area contributed by atoms with Crippen LogP contribution in [0.3, 0.4) is 0 Å². The van der Waals surface area contributed by atoms with Crippen LogP contribution in [-0.4, -0.2) is 6.21 Å². The van der Waals surface area contributed by atoms with Crippen LogP contribution in [0.5, 0.6) is 0 Å². The first-order chi connectivity index (χ1) is 9.41. The summed E-state index contributed by atoms with van der Waals surface area (Å²) in [5, 5.41) is 0. The number of allylic oxidation sites excluding steroid dienone is 1. The van der Waals surface area contributed by atoms with Crippen molar-refractivity contribution in [3.8, 4) is 0 Å². The van der Waals surface area contributed by atoms with Gasteiger partial charge in [0, 0.05) is 12.4 Å². The summed E-state index contributed by atoms with van der Waals surface area (Å²) in [7, 11) is 0. The molecule has 1 nitrogen and oxygen atoms in total. The molecule has 118 valence electrons. The Morgan fingerprint density at radius 2 is 1.65 bits per heavy atom. The summed E-state index contributed by atoms with van der Waals surface area (Å²) in [6.45, 7) is 13.8. The summed E-state index contributed by atoms with van der Waals surface area (Å²) in [6.07, 6.45) is 15.4. The van der Waals surface area contributed by atoms with Crippen LogP contribution in [0.25, 0.3) is 0 Å². The van der Waals surface area contributed by atoms with Crippen LogP contribution in [0, 0.1) is 17.3 Å². The Labute approximate surface area is 128 Å². The summed E-state index contributed by atoms with van der Waals surface area (Å²) < 4.78 is 0. The van der Waals surface area contributed by atoms with Crippen molar-refractivity contribution in [1.29, 1.82) is 0 Å². The first kappa shape index (κ1) is 19.4. The molecule has 0 aromatic heterocycles. The van der Waals surface area contributed by atoms with Gasteiger partial charge in [-0.1, -0.05) is 66.4 Å². The third kappa shape index (κ3) is 11.3. The van der Waals surface area contributed by atoms with Crippen LogP contribution in [0.1, 0.15) is 86.5 Å². The molecule has 0 radical (unpaired) electrons. The maximum atomic E-state index is 4.13. The van der Waals surface area contributed by atoms with Gasteiger partial charge in [-0.15, -0.1) is 0 Å². The first-order valence-corrected chi connectivity index (χ1v) is 8.55. The highest BCUT2D eigenvalue weighted by Crippen LogP contribution is 2.31. The molecule has 0 fully saturated rings. The van der Waals surface area contributed by atoms with E-state index >= 15 is 0 Å². The van der Waals surface area contributed by atoms with E-state index in [0.29, 0.717) is 11.3 Å². The van der Waals surface area contributed by atoms with E-state index in [1.165, 1.54) is 44.9 Å². The second-order valence-corrected chi connectivity index (χ2v) is 7.19. The maximum Gasteiger partial charge on any atom is 0.0226 e. The van der Waals surface area contributed by atoms with E-state index in [1.807, 2.05) is 19.3 Å². The standard InChI is InChI=1S/C19H37N/c1-7-17(3)11-9-14-19(5,6)15-10-12-18(4)13-16-20-8-2/h8,13,16-18H,7,9-12,14-15H2,1-6H3/b16-13-,20-8-. The fraction of sp³-hybridized carbons (Fsp3) is 0.842. The van der Waals surface area contributed by atoms with Crippen molar-refractivity contribution in [2.24, 2.45) is 22.2 Å². The van der Waals surface area contributed by atoms with Crippen molar-refractivity contribution in [2.75, 3.05) is 0 Å². The first-order valence-electron chi connectivity index (χ1n) is 8.55. The van der Waals surface area contributed by atoms with Crippen LogP contribution >= 0.6 is 0 Å². The van der Waals surface area contributed by atoms with Gasteiger partial charge < -0.3 is 0 Å². The SMILES string of the molecule is C/C=N\C=C/C(C)CCCC(C)(C)CCCC(C)CC. The average Bonchev–Trinajstić information content (AvgIpc) is 2.38. The third-order valence-electron chi connectivity index (χ3n) is 4.41. The second-order valence-electron chi connectivity index (χ2n) is 7.19. The summed E-state index contributed by atoms with van der Waals surface area (Å²) in [6, 6.07) is 0. The monoisotopic (exact) mass is 279 g/mol. The van der Waals surface area contributed by atoms with Gasteiger partial charge in [0.25, 0.3) is 0 Å². The largest absolute Gasteiger partial charge is 0.270 e. The number of hydrogen-bond acceptors (Lipinski definition) is 1. The van der Waals surface area contributed by atoms with Gasteiger partial charge in [0.1, 0.15) is 0 Å². The van der Waals surface area contributed by atoms with Gasteiger partial charge in [-0.25, -0.2) is 0 Å². The van der Waals surface area contributed by atoms with Gasteiger partial charge in [-0.2, -0.15) is 0 Å². The zero-order valence-electron chi connectivity index (χ0n) is 14.8. The lowest BCUT2D eigenvalue weighted by molar-refractivity contribution is 0.272. The molecule has 2 atom stereocenters. The van der Waals surface area contributed by atoms with Crippen LogP contribution < -0.4 is 0 Å². The lowest BCUT2D eigenvalue weighted by Gasteiger charge is -2.25. The summed E-state index contributed by atoms with van der Waals surface area (Å²) in [5.74, 6) is 1.55. The minimum absolute atomic E-state index is 0.512. The summed E-state index contributed by atoms with van der Waals surface area (Å²) >= 11 is 0. The van der Waals surface area contributed by atoms with Crippen LogP contribution in [0.2, 0.25) is 0 Å². The minimum atomic E-state index is 0.512. The van der Waals surface area contributed by atoms with Gasteiger partial charge in [-0.05, 0) is 43.4 Å². The van der Waals surface area contributed by atoms with Crippen molar-refractivity contribution in [1.82, 2.24) is 0 Å².